The Morgan fingerprint density at radius 2 is 1.91 bits per heavy atom. The Hall–Kier alpha value is -4.07. The molecule has 5 heterocycles. The van der Waals surface area contributed by atoms with Gasteiger partial charge in [0, 0.05) is 46.4 Å². The van der Waals surface area contributed by atoms with Crippen LogP contribution < -0.4 is 5.32 Å². The third kappa shape index (κ3) is 3.30. The van der Waals surface area contributed by atoms with E-state index in [-0.39, 0.29) is 11.8 Å². The van der Waals surface area contributed by atoms with E-state index in [1.54, 1.807) is 24.8 Å². The molecular formula is C24H21N7O. The summed E-state index contributed by atoms with van der Waals surface area (Å²) in [4.78, 5) is 29.1. The maximum Gasteiger partial charge on any atom is 0.227 e. The molecule has 5 aromatic rings. The molecule has 1 saturated carbocycles. The second kappa shape index (κ2) is 7.56. The maximum atomic E-state index is 12.5. The molecule has 5 aromatic heterocycles. The van der Waals surface area contributed by atoms with Crippen LogP contribution in [0.5, 0.6) is 0 Å². The van der Waals surface area contributed by atoms with Crippen LogP contribution in [0.25, 0.3) is 44.6 Å². The minimum absolute atomic E-state index is 0.0829. The zero-order chi connectivity index (χ0) is 21.5. The van der Waals surface area contributed by atoms with Crippen molar-refractivity contribution in [3.63, 3.8) is 0 Å². The lowest BCUT2D eigenvalue weighted by Crippen LogP contribution is -2.20. The first kappa shape index (κ1) is 18.7. The van der Waals surface area contributed by atoms with Crippen LogP contribution in [0, 0.1) is 5.92 Å². The summed E-state index contributed by atoms with van der Waals surface area (Å²) in [6.07, 6.45) is 11.2. The Morgan fingerprint density at radius 3 is 2.78 bits per heavy atom. The Morgan fingerprint density at radius 1 is 1.03 bits per heavy atom. The minimum atomic E-state index is 0.0829. The van der Waals surface area contributed by atoms with Gasteiger partial charge in [-0.15, -0.1) is 0 Å². The van der Waals surface area contributed by atoms with Gasteiger partial charge in [0.1, 0.15) is 5.65 Å². The molecule has 8 nitrogen and oxygen atoms in total. The molecule has 0 saturated heterocycles. The number of carbonyl (C=O) groups is 1. The number of hydrogen-bond acceptors (Lipinski definition) is 5. The number of carbonyl (C=O) groups excluding carboxylic acids is 1. The highest BCUT2D eigenvalue weighted by Crippen LogP contribution is 2.31. The summed E-state index contributed by atoms with van der Waals surface area (Å²) in [6.45, 7) is 0. The van der Waals surface area contributed by atoms with Gasteiger partial charge in [-0.05, 0) is 43.2 Å². The molecule has 8 heteroatoms. The molecule has 6 rings (SSSR count). The number of nitrogens with one attached hydrogen (secondary N) is 3. The predicted molar refractivity (Wildman–Crippen MR) is 123 cm³/mol. The molecule has 0 bridgehead atoms. The van der Waals surface area contributed by atoms with Crippen molar-refractivity contribution in [1.29, 1.82) is 0 Å². The van der Waals surface area contributed by atoms with Crippen molar-refractivity contribution in [2.45, 2.75) is 25.7 Å². The quantitative estimate of drug-likeness (QED) is 0.388. The van der Waals surface area contributed by atoms with Gasteiger partial charge in [0.25, 0.3) is 0 Å². The molecule has 1 amide bonds. The van der Waals surface area contributed by atoms with Gasteiger partial charge in [-0.25, -0.2) is 9.97 Å². The molecule has 1 aliphatic rings. The number of H-pyrrole nitrogens is 2. The Kier molecular flexibility index (Phi) is 4.41. The first-order chi connectivity index (χ1) is 15.7. The van der Waals surface area contributed by atoms with E-state index in [1.165, 1.54) is 0 Å². The second-order valence-electron chi connectivity index (χ2n) is 8.25. The van der Waals surface area contributed by atoms with Gasteiger partial charge in [-0.1, -0.05) is 12.8 Å². The van der Waals surface area contributed by atoms with Crippen molar-refractivity contribution in [1.82, 2.24) is 30.1 Å². The molecule has 0 aliphatic heterocycles. The van der Waals surface area contributed by atoms with Crippen molar-refractivity contribution in [2.75, 3.05) is 5.32 Å². The van der Waals surface area contributed by atoms with Gasteiger partial charge >= 0.3 is 0 Å². The molecule has 0 aromatic carbocycles. The first-order valence-electron chi connectivity index (χ1n) is 10.8. The van der Waals surface area contributed by atoms with E-state index in [2.05, 4.69) is 35.5 Å². The SMILES string of the molecule is O=C(Nc1cncc(-c2cnc3n[nH]c(-c4cc5cccnc5[nH]4)c3c2)c1)C1CCCC1. The fourth-order valence-electron chi connectivity index (χ4n) is 4.45. The van der Waals surface area contributed by atoms with Crippen LogP contribution in [0.2, 0.25) is 0 Å². The van der Waals surface area contributed by atoms with Crippen LogP contribution in [0.1, 0.15) is 25.7 Å². The third-order valence-electron chi connectivity index (χ3n) is 6.14. The van der Waals surface area contributed by atoms with Crippen LogP contribution in [0.4, 0.5) is 5.69 Å². The highest BCUT2D eigenvalue weighted by molar-refractivity contribution is 5.96. The lowest BCUT2D eigenvalue weighted by molar-refractivity contribution is -0.119. The van der Waals surface area contributed by atoms with E-state index in [0.717, 1.165) is 64.6 Å². The largest absolute Gasteiger partial charge is 0.338 e. The van der Waals surface area contributed by atoms with Crippen molar-refractivity contribution >= 4 is 33.7 Å². The fraction of sp³-hybridized carbons (Fsp3) is 0.208. The zero-order valence-electron chi connectivity index (χ0n) is 17.3. The van der Waals surface area contributed by atoms with Gasteiger partial charge < -0.3 is 10.3 Å². The number of rotatable bonds is 4. The van der Waals surface area contributed by atoms with E-state index < -0.39 is 0 Å². The van der Waals surface area contributed by atoms with Crippen LogP contribution in [0.3, 0.4) is 0 Å². The van der Waals surface area contributed by atoms with Crippen LogP contribution in [0.15, 0.2) is 55.1 Å². The number of hydrogen-bond donors (Lipinski definition) is 3. The molecule has 0 unspecified atom stereocenters. The van der Waals surface area contributed by atoms with Crippen LogP contribution in [-0.4, -0.2) is 36.0 Å². The summed E-state index contributed by atoms with van der Waals surface area (Å²) in [7, 11) is 0. The van der Waals surface area contributed by atoms with Gasteiger partial charge in [-0.3, -0.25) is 14.9 Å². The maximum absolute atomic E-state index is 12.5. The number of amides is 1. The van der Waals surface area contributed by atoms with Gasteiger partial charge in [-0.2, -0.15) is 5.10 Å². The Bertz CT molecular complexity index is 1410. The highest BCUT2D eigenvalue weighted by Gasteiger charge is 2.22. The summed E-state index contributed by atoms with van der Waals surface area (Å²) in [5.41, 5.74) is 5.70. The van der Waals surface area contributed by atoms with E-state index in [0.29, 0.717) is 11.3 Å². The topological polar surface area (TPSA) is 112 Å². The van der Waals surface area contributed by atoms with E-state index >= 15 is 0 Å². The summed E-state index contributed by atoms with van der Waals surface area (Å²) >= 11 is 0. The molecule has 32 heavy (non-hydrogen) atoms. The zero-order valence-corrected chi connectivity index (χ0v) is 17.3. The Balaban J connectivity index is 1.35. The summed E-state index contributed by atoms with van der Waals surface area (Å²) in [5.74, 6) is 0.190. The normalized spacial score (nSPS) is 14.4. The van der Waals surface area contributed by atoms with E-state index in [9.17, 15) is 4.79 Å². The molecule has 158 valence electrons. The highest BCUT2D eigenvalue weighted by atomic mass is 16.1. The number of fused-ring (bicyclic) bond motifs is 2. The monoisotopic (exact) mass is 423 g/mol. The van der Waals surface area contributed by atoms with Crippen LogP contribution in [-0.2, 0) is 4.79 Å². The third-order valence-corrected chi connectivity index (χ3v) is 6.14. The van der Waals surface area contributed by atoms with Crippen molar-refractivity contribution in [2.24, 2.45) is 5.92 Å². The van der Waals surface area contributed by atoms with Gasteiger partial charge in [0.05, 0.1) is 23.3 Å². The van der Waals surface area contributed by atoms with Crippen LogP contribution >= 0.6 is 0 Å². The van der Waals surface area contributed by atoms with Crippen molar-refractivity contribution in [3.05, 3.63) is 55.1 Å². The molecule has 0 spiro atoms. The van der Waals surface area contributed by atoms with Crippen molar-refractivity contribution < 1.29 is 4.79 Å². The van der Waals surface area contributed by atoms with E-state index in [1.807, 2.05) is 30.3 Å². The fourth-order valence-corrected chi connectivity index (χ4v) is 4.45. The molecule has 1 fully saturated rings. The molecule has 0 radical (unpaired) electrons. The Labute approximate surface area is 183 Å². The first-order valence-corrected chi connectivity index (χ1v) is 10.8. The number of anilines is 1. The number of aromatic amines is 2. The van der Waals surface area contributed by atoms with Gasteiger partial charge in [0.2, 0.25) is 5.91 Å². The molecule has 3 N–H and O–H groups in total. The standard InChI is InChI=1S/C24H21N7O/c32-24(14-4-1-2-5-14)28-18-8-16(11-25-13-18)17-9-19-21(30-31-23(19)27-12-17)20-10-15-6-3-7-26-22(15)29-20/h3,6-14H,1-2,4-5H2,(H,26,29)(H,28,32)(H,27,30,31). The average molecular weight is 423 g/mol. The number of pyridine rings is 3. The van der Waals surface area contributed by atoms with Gasteiger partial charge in [0.15, 0.2) is 5.65 Å². The molecular weight excluding hydrogens is 402 g/mol. The number of aromatic nitrogens is 6. The number of nitrogens with zero attached hydrogens (tertiary/aromatic N) is 4. The lowest BCUT2D eigenvalue weighted by Gasteiger charge is -2.11. The molecule has 1 aliphatic carbocycles. The minimum Gasteiger partial charge on any atom is -0.338 e. The average Bonchev–Trinajstić information content (AvgIpc) is 3.58. The summed E-state index contributed by atoms with van der Waals surface area (Å²) in [6, 6.07) is 9.95. The lowest BCUT2D eigenvalue weighted by atomic mass is 10.1. The second-order valence-corrected chi connectivity index (χ2v) is 8.25. The smallest absolute Gasteiger partial charge is 0.227 e. The van der Waals surface area contributed by atoms with Crippen molar-refractivity contribution in [3.8, 4) is 22.5 Å². The summed E-state index contributed by atoms with van der Waals surface area (Å²) in [5, 5.41) is 12.4. The predicted octanol–water partition coefficient (Wildman–Crippen LogP) is 4.69. The van der Waals surface area contributed by atoms with E-state index in [4.69, 9.17) is 0 Å². The molecule has 0 atom stereocenters. The summed E-state index contributed by atoms with van der Waals surface area (Å²) < 4.78 is 0.